The Morgan fingerprint density at radius 2 is 1.68 bits per heavy atom. The van der Waals surface area contributed by atoms with Crippen LogP contribution in [0.2, 0.25) is 5.02 Å². The lowest BCUT2D eigenvalue weighted by molar-refractivity contribution is -0.384. The molecule has 3 rings (SSSR count). The van der Waals surface area contributed by atoms with E-state index in [1.165, 1.54) is 18.2 Å². The predicted molar refractivity (Wildman–Crippen MR) is 117 cm³/mol. The van der Waals surface area contributed by atoms with E-state index in [-0.39, 0.29) is 16.3 Å². The van der Waals surface area contributed by atoms with Gasteiger partial charge in [-0.25, -0.2) is 0 Å². The molecule has 0 fully saturated rings. The molecule has 0 saturated heterocycles. The number of amides is 1. The monoisotopic (exact) mass is 434 g/mol. The molecule has 0 spiro atoms. The van der Waals surface area contributed by atoms with Crippen LogP contribution in [0.25, 0.3) is 0 Å². The van der Waals surface area contributed by atoms with Crippen molar-refractivity contribution < 1.29 is 14.5 Å². The summed E-state index contributed by atoms with van der Waals surface area (Å²) in [5.74, 6) is 0.629. The molecule has 0 aliphatic heterocycles. The number of halogens is 1. The number of hydrogen-bond donors (Lipinski definition) is 2. The van der Waals surface area contributed by atoms with Gasteiger partial charge in [-0.15, -0.1) is 0 Å². The van der Waals surface area contributed by atoms with E-state index in [0.29, 0.717) is 22.9 Å². The van der Waals surface area contributed by atoms with Crippen molar-refractivity contribution in [2.45, 2.75) is 0 Å². The van der Waals surface area contributed by atoms with Crippen LogP contribution >= 0.6 is 11.6 Å². The maximum Gasteiger partial charge on any atom is 0.289 e. The molecule has 0 atom stereocenters. The predicted octanol–water partition coefficient (Wildman–Crippen LogP) is 5.50. The maximum absolute atomic E-state index is 12.4. The van der Waals surface area contributed by atoms with Crippen LogP contribution in [0.4, 0.5) is 17.1 Å². The Labute approximate surface area is 182 Å². The van der Waals surface area contributed by atoms with Gasteiger partial charge < -0.3 is 15.4 Å². The van der Waals surface area contributed by atoms with Crippen molar-refractivity contribution in [1.82, 2.24) is 0 Å². The Morgan fingerprint density at radius 3 is 2.32 bits per heavy atom. The Morgan fingerprint density at radius 1 is 1.03 bits per heavy atom. The van der Waals surface area contributed by atoms with Crippen LogP contribution in [-0.2, 0) is 4.79 Å². The minimum absolute atomic E-state index is 0.0162. The molecule has 0 heterocycles. The van der Waals surface area contributed by atoms with Crippen molar-refractivity contribution in [3.63, 3.8) is 0 Å². The van der Waals surface area contributed by atoms with E-state index < -0.39 is 10.8 Å². The van der Waals surface area contributed by atoms with Crippen LogP contribution in [0.1, 0.15) is 0 Å². The van der Waals surface area contributed by atoms with Gasteiger partial charge in [-0.2, -0.15) is 5.26 Å². The number of nitro groups is 1. The van der Waals surface area contributed by atoms with Gasteiger partial charge in [0.1, 0.15) is 28.2 Å². The summed E-state index contributed by atoms with van der Waals surface area (Å²) < 4.78 is 5.69. The van der Waals surface area contributed by atoms with Gasteiger partial charge in [-0.3, -0.25) is 14.9 Å². The number of hydrogen-bond acceptors (Lipinski definition) is 6. The molecule has 3 aromatic rings. The van der Waals surface area contributed by atoms with Gasteiger partial charge >= 0.3 is 0 Å². The maximum atomic E-state index is 12.4. The smallest absolute Gasteiger partial charge is 0.289 e. The molecule has 9 heteroatoms. The second-order valence-corrected chi connectivity index (χ2v) is 6.54. The third kappa shape index (κ3) is 5.82. The summed E-state index contributed by atoms with van der Waals surface area (Å²) in [6.45, 7) is 0. The Bertz CT molecular complexity index is 1170. The standard InChI is InChI=1S/C22H15ClN4O4/c23-20-11-8-17(12-21(20)27(29)30)25-14-15(13-24)22(28)26-16-6-9-19(10-7-16)31-18-4-2-1-3-5-18/h1-12,14,25H,(H,26,28)/b15-14-. The zero-order chi connectivity index (χ0) is 22.2. The van der Waals surface area contributed by atoms with E-state index in [9.17, 15) is 20.2 Å². The number of ether oxygens (including phenoxy) is 1. The van der Waals surface area contributed by atoms with Crippen LogP contribution in [0.15, 0.2) is 84.6 Å². The van der Waals surface area contributed by atoms with E-state index in [4.69, 9.17) is 16.3 Å². The third-order valence-corrected chi connectivity index (χ3v) is 4.30. The van der Waals surface area contributed by atoms with Crippen molar-refractivity contribution in [3.8, 4) is 17.6 Å². The van der Waals surface area contributed by atoms with Crippen molar-refractivity contribution >= 4 is 34.6 Å². The topological polar surface area (TPSA) is 117 Å². The summed E-state index contributed by atoms with van der Waals surface area (Å²) in [5, 5.41) is 25.5. The molecule has 0 aromatic heterocycles. The minimum atomic E-state index is -0.643. The fourth-order valence-electron chi connectivity index (χ4n) is 2.48. The van der Waals surface area contributed by atoms with Crippen LogP contribution in [0, 0.1) is 21.4 Å². The molecule has 0 radical (unpaired) electrons. The molecule has 31 heavy (non-hydrogen) atoms. The first-order valence-electron chi connectivity index (χ1n) is 8.91. The summed E-state index contributed by atoms with van der Waals surface area (Å²) in [6.07, 6.45) is 1.16. The molecule has 1 amide bonds. The highest BCUT2D eigenvalue weighted by atomic mass is 35.5. The molecule has 0 aliphatic rings. The molecule has 154 valence electrons. The average Bonchev–Trinajstić information content (AvgIpc) is 2.77. The molecule has 0 unspecified atom stereocenters. The lowest BCUT2D eigenvalue weighted by Gasteiger charge is -2.08. The number of anilines is 2. The van der Waals surface area contributed by atoms with Gasteiger partial charge in [0.25, 0.3) is 11.6 Å². The number of carbonyl (C=O) groups is 1. The molecule has 0 bridgehead atoms. The molecule has 2 N–H and O–H groups in total. The van der Waals surface area contributed by atoms with Gasteiger partial charge in [0.2, 0.25) is 0 Å². The van der Waals surface area contributed by atoms with Gasteiger partial charge in [-0.1, -0.05) is 29.8 Å². The highest BCUT2D eigenvalue weighted by Crippen LogP contribution is 2.27. The lowest BCUT2D eigenvalue weighted by Crippen LogP contribution is -2.14. The molecule has 0 aliphatic carbocycles. The van der Waals surface area contributed by atoms with Gasteiger partial charge in [0, 0.05) is 23.6 Å². The van der Waals surface area contributed by atoms with Gasteiger partial charge in [0.05, 0.1) is 4.92 Å². The van der Waals surface area contributed by atoms with Crippen LogP contribution in [0.3, 0.4) is 0 Å². The zero-order valence-electron chi connectivity index (χ0n) is 15.9. The van der Waals surface area contributed by atoms with Crippen LogP contribution in [-0.4, -0.2) is 10.8 Å². The van der Waals surface area contributed by atoms with Crippen LogP contribution in [0.5, 0.6) is 11.5 Å². The van der Waals surface area contributed by atoms with Crippen molar-refractivity contribution in [2.75, 3.05) is 10.6 Å². The first-order valence-corrected chi connectivity index (χ1v) is 9.29. The second-order valence-electron chi connectivity index (χ2n) is 6.13. The SMILES string of the molecule is N#C/C(=C/Nc1ccc(Cl)c([N+](=O)[O-])c1)C(=O)Nc1ccc(Oc2ccccc2)cc1. The number of nitrogens with one attached hydrogen (secondary N) is 2. The first kappa shape index (κ1) is 21.4. The number of benzene rings is 3. The average molecular weight is 435 g/mol. The Balaban J connectivity index is 1.65. The van der Waals surface area contributed by atoms with Gasteiger partial charge in [0.15, 0.2) is 0 Å². The number of nitriles is 1. The van der Waals surface area contributed by atoms with E-state index in [0.717, 1.165) is 6.20 Å². The second kappa shape index (κ2) is 9.91. The molecular formula is C22H15ClN4O4. The highest BCUT2D eigenvalue weighted by Gasteiger charge is 2.13. The van der Waals surface area contributed by atoms with E-state index in [2.05, 4.69) is 10.6 Å². The summed E-state index contributed by atoms with van der Waals surface area (Å²) in [7, 11) is 0. The van der Waals surface area contributed by atoms with Gasteiger partial charge in [-0.05, 0) is 48.5 Å². The number of nitro benzene ring substituents is 1. The lowest BCUT2D eigenvalue weighted by atomic mass is 10.2. The molecule has 8 nitrogen and oxygen atoms in total. The number of carbonyl (C=O) groups excluding carboxylic acids is 1. The summed E-state index contributed by atoms with van der Waals surface area (Å²) >= 11 is 5.77. The summed E-state index contributed by atoms with van der Waals surface area (Å²) in [4.78, 5) is 22.7. The zero-order valence-corrected chi connectivity index (χ0v) is 16.7. The number of nitrogens with zero attached hydrogens (tertiary/aromatic N) is 2. The van der Waals surface area contributed by atoms with E-state index in [1.54, 1.807) is 30.3 Å². The van der Waals surface area contributed by atoms with Crippen LogP contribution < -0.4 is 15.4 Å². The summed E-state index contributed by atoms with van der Waals surface area (Å²) in [5.41, 5.74) is 0.260. The fraction of sp³-hybridized carbons (Fsp3) is 0. The van der Waals surface area contributed by atoms with E-state index >= 15 is 0 Å². The number of rotatable bonds is 7. The first-order chi connectivity index (χ1) is 15.0. The Kier molecular flexibility index (Phi) is 6.83. The molecule has 3 aromatic carbocycles. The molecule has 0 saturated carbocycles. The molecular weight excluding hydrogens is 420 g/mol. The number of para-hydroxylation sites is 1. The fourth-order valence-corrected chi connectivity index (χ4v) is 2.66. The highest BCUT2D eigenvalue weighted by molar-refractivity contribution is 6.32. The Hall–Kier alpha value is -4.35. The van der Waals surface area contributed by atoms with Crippen molar-refractivity contribution in [3.05, 3.63) is 99.7 Å². The van der Waals surface area contributed by atoms with Crippen molar-refractivity contribution in [2.24, 2.45) is 0 Å². The quantitative estimate of drug-likeness (QED) is 0.219. The third-order valence-electron chi connectivity index (χ3n) is 3.98. The normalized spacial score (nSPS) is 10.6. The van der Waals surface area contributed by atoms with Crippen molar-refractivity contribution in [1.29, 1.82) is 5.26 Å². The summed E-state index contributed by atoms with van der Waals surface area (Å²) in [6, 6.07) is 21.7. The minimum Gasteiger partial charge on any atom is -0.457 e. The van der Waals surface area contributed by atoms with E-state index in [1.807, 2.05) is 30.3 Å². The largest absolute Gasteiger partial charge is 0.457 e.